The van der Waals surface area contributed by atoms with Crippen molar-refractivity contribution in [1.82, 2.24) is 24.7 Å². The molecule has 0 spiro atoms. The van der Waals surface area contributed by atoms with Crippen LogP contribution in [0, 0.1) is 12.7 Å². The number of aryl methyl sites for hydroxylation is 1. The number of nitrogens with zero attached hydrogens (tertiary/aromatic N) is 5. The second-order valence-electron chi connectivity index (χ2n) is 7.47. The van der Waals surface area contributed by atoms with Gasteiger partial charge >= 0.3 is 0 Å². The highest BCUT2D eigenvalue weighted by Crippen LogP contribution is 2.46. The van der Waals surface area contributed by atoms with Gasteiger partial charge in [-0.15, -0.1) is 0 Å². The normalized spacial score (nSPS) is 18.7. The molecule has 0 amide bonds. The molecule has 0 bridgehead atoms. The highest BCUT2D eigenvalue weighted by Gasteiger charge is 2.34. The third kappa shape index (κ3) is 3.20. The Labute approximate surface area is 165 Å². The van der Waals surface area contributed by atoms with E-state index < -0.39 is 0 Å². The molecule has 8 heteroatoms. The van der Waals surface area contributed by atoms with Crippen LogP contribution in [-0.4, -0.2) is 24.7 Å². The maximum Gasteiger partial charge on any atom is 0.263 e. The summed E-state index contributed by atoms with van der Waals surface area (Å²) in [6.45, 7) is 2.02. The van der Waals surface area contributed by atoms with Gasteiger partial charge in [0, 0.05) is 12.1 Å². The molecule has 0 radical (unpaired) electrons. The van der Waals surface area contributed by atoms with Gasteiger partial charge in [0.05, 0.1) is 5.39 Å². The lowest BCUT2D eigenvalue weighted by Gasteiger charge is -2.33. The van der Waals surface area contributed by atoms with Gasteiger partial charge in [-0.2, -0.15) is 4.98 Å². The van der Waals surface area contributed by atoms with Gasteiger partial charge in [-0.05, 0) is 55.0 Å². The lowest BCUT2D eigenvalue weighted by atomic mass is 9.71. The molecule has 1 saturated carbocycles. The maximum absolute atomic E-state index is 13.1. The summed E-state index contributed by atoms with van der Waals surface area (Å²) in [4.78, 5) is 25.6. The number of fused-ring (bicyclic) bond motifs is 1. The Balaban J connectivity index is 1.31. The van der Waals surface area contributed by atoms with Crippen molar-refractivity contribution < 1.29 is 8.91 Å². The molecule has 1 aliphatic rings. The summed E-state index contributed by atoms with van der Waals surface area (Å²) < 4.78 is 19.9. The van der Waals surface area contributed by atoms with E-state index in [-0.39, 0.29) is 23.8 Å². The average molecular weight is 391 g/mol. The third-order valence-electron chi connectivity index (χ3n) is 5.57. The van der Waals surface area contributed by atoms with E-state index in [0.29, 0.717) is 28.7 Å². The molecule has 0 aliphatic heterocycles. The lowest BCUT2D eigenvalue weighted by molar-refractivity contribution is 0.315. The number of pyridine rings is 1. The maximum atomic E-state index is 13.1. The van der Waals surface area contributed by atoms with E-state index in [1.165, 1.54) is 23.0 Å². The monoisotopic (exact) mass is 391 g/mol. The fraction of sp³-hybridized carbons (Fsp3) is 0.286. The van der Waals surface area contributed by atoms with Crippen LogP contribution in [0.3, 0.4) is 0 Å². The number of aromatic nitrogens is 5. The minimum Gasteiger partial charge on any atom is -0.337 e. The van der Waals surface area contributed by atoms with Gasteiger partial charge in [0.1, 0.15) is 18.7 Å². The standard InChI is InChI=1S/C21H18FN5O2/c1-12-6-7-23-20-18(12)21(28)27(11-24-20)10-17-25-19(26-29-17)15-8-14(9-15)13-2-4-16(22)5-3-13/h2-7,11,14-15H,8-10H2,1H3. The van der Waals surface area contributed by atoms with Crippen LogP contribution in [0.25, 0.3) is 11.0 Å². The van der Waals surface area contributed by atoms with Gasteiger partial charge in [-0.3, -0.25) is 9.36 Å². The molecule has 3 aromatic heterocycles. The van der Waals surface area contributed by atoms with E-state index in [2.05, 4.69) is 20.1 Å². The number of halogens is 1. The van der Waals surface area contributed by atoms with Crippen LogP contribution in [0.4, 0.5) is 4.39 Å². The molecular formula is C21H18FN5O2. The molecule has 0 saturated heterocycles. The highest BCUT2D eigenvalue weighted by molar-refractivity contribution is 5.76. The number of hydrogen-bond donors (Lipinski definition) is 0. The molecule has 3 heterocycles. The second kappa shape index (κ2) is 6.88. The molecule has 1 fully saturated rings. The van der Waals surface area contributed by atoms with Gasteiger partial charge in [-0.1, -0.05) is 17.3 Å². The minimum atomic E-state index is -0.225. The summed E-state index contributed by atoms with van der Waals surface area (Å²) in [7, 11) is 0. The predicted octanol–water partition coefficient (Wildman–Crippen LogP) is 3.33. The van der Waals surface area contributed by atoms with Gasteiger partial charge in [0.15, 0.2) is 11.5 Å². The number of hydrogen-bond acceptors (Lipinski definition) is 6. The zero-order valence-corrected chi connectivity index (χ0v) is 15.7. The van der Waals surface area contributed by atoms with Gasteiger partial charge in [0.2, 0.25) is 5.89 Å². The first-order valence-electron chi connectivity index (χ1n) is 9.47. The molecule has 146 valence electrons. The first-order valence-corrected chi connectivity index (χ1v) is 9.47. The van der Waals surface area contributed by atoms with Crippen LogP contribution in [0.15, 0.2) is 52.2 Å². The Morgan fingerprint density at radius 1 is 1.14 bits per heavy atom. The highest BCUT2D eigenvalue weighted by atomic mass is 19.1. The van der Waals surface area contributed by atoms with Crippen molar-refractivity contribution in [1.29, 1.82) is 0 Å². The number of rotatable bonds is 4. The molecular weight excluding hydrogens is 373 g/mol. The number of benzene rings is 1. The second-order valence-corrected chi connectivity index (χ2v) is 7.47. The van der Waals surface area contributed by atoms with Crippen LogP contribution in [-0.2, 0) is 6.54 Å². The third-order valence-corrected chi connectivity index (χ3v) is 5.57. The first-order chi connectivity index (χ1) is 14.1. The summed E-state index contributed by atoms with van der Waals surface area (Å²) >= 11 is 0. The first kappa shape index (κ1) is 17.7. The molecule has 0 N–H and O–H groups in total. The quantitative estimate of drug-likeness (QED) is 0.530. The molecule has 7 nitrogen and oxygen atoms in total. The Bertz CT molecular complexity index is 1240. The molecule has 0 unspecified atom stereocenters. The molecule has 1 aromatic carbocycles. The SMILES string of the molecule is Cc1ccnc2ncn(Cc3nc(C4CC(c5ccc(F)cc5)C4)no3)c(=O)c12. The fourth-order valence-corrected chi connectivity index (χ4v) is 3.82. The zero-order valence-electron chi connectivity index (χ0n) is 15.7. The Morgan fingerprint density at radius 2 is 1.93 bits per heavy atom. The molecule has 1 aliphatic carbocycles. The van der Waals surface area contributed by atoms with E-state index in [1.54, 1.807) is 12.3 Å². The van der Waals surface area contributed by atoms with Gasteiger partial charge in [-0.25, -0.2) is 14.4 Å². The van der Waals surface area contributed by atoms with Crippen LogP contribution in [0.5, 0.6) is 0 Å². The van der Waals surface area contributed by atoms with Crippen LogP contribution < -0.4 is 5.56 Å². The predicted molar refractivity (Wildman–Crippen MR) is 103 cm³/mol. The van der Waals surface area contributed by atoms with Crippen molar-refractivity contribution in [3.63, 3.8) is 0 Å². The Kier molecular flexibility index (Phi) is 4.19. The summed E-state index contributed by atoms with van der Waals surface area (Å²) in [6, 6.07) is 8.42. The van der Waals surface area contributed by atoms with Crippen molar-refractivity contribution >= 4 is 11.0 Å². The average Bonchev–Trinajstić information content (AvgIpc) is 3.12. The van der Waals surface area contributed by atoms with Gasteiger partial charge < -0.3 is 4.52 Å². The van der Waals surface area contributed by atoms with Crippen molar-refractivity contribution in [2.45, 2.75) is 38.1 Å². The van der Waals surface area contributed by atoms with Crippen LogP contribution >= 0.6 is 0 Å². The van der Waals surface area contributed by atoms with Crippen LogP contribution in [0.1, 0.15) is 47.5 Å². The van der Waals surface area contributed by atoms with Crippen molar-refractivity contribution in [3.05, 3.63) is 81.9 Å². The Morgan fingerprint density at radius 3 is 2.72 bits per heavy atom. The molecule has 0 atom stereocenters. The van der Waals surface area contributed by atoms with E-state index in [9.17, 15) is 9.18 Å². The molecule has 4 aromatic rings. The summed E-state index contributed by atoms with van der Waals surface area (Å²) in [5, 5.41) is 4.59. The van der Waals surface area contributed by atoms with E-state index in [0.717, 1.165) is 24.0 Å². The van der Waals surface area contributed by atoms with E-state index >= 15 is 0 Å². The topological polar surface area (TPSA) is 86.7 Å². The summed E-state index contributed by atoms with van der Waals surface area (Å²) in [5.41, 5.74) is 2.21. The van der Waals surface area contributed by atoms with Gasteiger partial charge in [0.25, 0.3) is 5.56 Å². The van der Waals surface area contributed by atoms with Crippen LogP contribution in [0.2, 0.25) is 0 Å². The van der Waals surface area contributed by atoms with Crippen molar-refractivity contribution in [2.75, 3.05) is 0 Å². The fourth-order valence-electron chi connectivity index (χ4n) is 3.82. The largest absolute Gasteiger partial charge is 0.337 e. The Hall–Kier alpha value is -3.42. The van der Waals surface area contributed by atoms with Crippen molar-refractivity contribution in [2.24, 2.45) is 0 Å². The zero-order chi connectivity index (χ0) is 20.0. The lowest BCUT2D eigenvalue weighted by Crippen LogP contribution is -2.23. The molecule has 5 rings (SSSR count). The van der Waals surface area contributed by atoms with E-state index in [1.807, 2.05) is 19.1 Å². The minimum absolute atomic E-state index is 0.164. The van der Waals surface area contributed by atoms with Crippen molar-refractivity contribution in [3.8, 4) is 0 Å². The smallest absolute Gasteiger partial charge is 0.263 e. The summed E-state index contributed by atoms with van der Waals surface area (Å²) in [5.74, 6) is 1.38. The summed E-state index contributed by atoms with van der Waals surface area (Å²) in [6.07, 6.45) is 4.88. The van der Waals surface area contributed by atoms with E-state index in [4.69, 9.17) is 4.52 Å². The molecule has 29 heavy (non-hydrogen) atoms.